The molecule has 0 fully saturated rings. The fourth-order valence-electron chi connectivity index (χ4n) is 0.752. The molecule has 0 heterocycles. The summed E-state index contributed by atoms with van der Waals surface area (Å²) >= 11 is 1.28. The second-order valence-corrected chi connectivity index (χ2v) is 3.81. The van der Waals surface area contributed by atoms with Crippen LogP contribution in [0.5, 0.6) is 0 Å². The highest BCUT2D eigenvalue weighted by molar-refractivity contribution is 8.00. The molecule has 0 aliphatic carbocycles. The number of hydrogen-bond acceptors (Lipinski definition) is 5. The predicted molar refractivity (Wildman–Crippen MR) is 52.0 cm³/mol. The smallest absolute Gasteiger partial charge is 0.246 e. The quantitative estimate of drug-likeness (QED) is 0.251. The maximum absolute atomic E-state index is 11.0. The van der Waals surface area contributed by atoms with Gasteiger partial charge in [-0.2, -0.15) is 0 Å². The van der Waals surface area contributed by atoms with Crippen LogP contribution < -0.4 is 11.3 Å². The van der Waals surface area contributed by atoms with Crippen LogP contribution in [0.2, 0.25) is 0 Å². The molecule has 13 heavy (non-hydrogen) atoms. The van der Waals surface area contributed by atoms with Crippen molar-refractivity contribution in [1.82, 2.24) is 5.43 Å². The predicted octanol–water partition coefficient (Wildman–Crippen LogP) is -1.16. The van der Waals surface area contributed by atoms with E-state index in [-0.39, 0.29) is 17.8 Å². The number of amides is 1. The Kier molecular flexibility index (Phi) is 6.97. The number of carbonyl (C=O) groups is 1. The van der Waals surface area contributed by atoms with Crippen molar-refractivity contribution in [1.29, 1.82) is 0 Å². The van der Waals surface area contributed by atoms with Gasteiger partial charge in [0, 0.05) is 5.75 Å². The van der Waals surface area contributed by atoms with Crippen molar-refractivity contribution in [2.75, 3.05) is 12.4 Å². The molecule has 6 heteroatoms. The van der Waals surface area contributed by atoms with Crippen molar-refractivity contribution in [3.8, 4) is 0 Å². The normalized spacial score (nSPS) is 15.1. The lowest BCUT2D eigenvalue weighted by molar-refractivity contribution is -0.120. The molecule has 5 nitrogen and oxygen atoms in total. The summed E-state index contributed by atoms with van der Waals surface area (Å²) in [7, 11) is 0. The highest BCUT2D eigenvalue weighted by Gasteiger charge is 2.16. The Morgan fingerprint density at radius 3 is 2.69 bits per heavy atom. The molecule has 5 N–H and O–H groups in total. The summed E-state index contributed by atoms with van der Waals surface area (Å²) in [5.41, 5.74) is 2.05. The Balaban J connectivity index is 3.78. The number of rotatable bonds is 6. The number of aliphatic hydroxyl groups is 2. The van der Waals surface area contributed by atoms with E-state index in [0.29, 0.717) is 12.2 Å². The van der Waals surface area contributed by atoms with Gasteiger partial charge in [0.2, 0.25) is 5.91 Å². The summed E-state index contributed by atoms with van der Waals surface area (Å²) < 4.78 is 0. The molecular formula is C7H16N2O3S. The third kappa shape index (κ3) is 5.09. The molecule has 1 amide bonds. The summed E-state index contributed by atoms with van der Waals surface area (Å²) in [6.07, 6.45) is -0.129. The first-order valence-electron chi connectivity index (χ1n) is 4.06. The topological polar surface area (TPSA) is 95.6 Å². The van der Waals surface area contributed by atoms with Crippen molar-refractivity contribution in [3.63, 3.8) is 0 Å². The largest absolute Gasteiger partial charge is 0.394 e. The molecule has 0 bridgehead atoms. The van der Waals surface area contributed by atoms with Gasteiger partial charge in [-0.05, 0) is 6.42 Å². The fraction of sp³-hybridized carbons (Fsp3) is 0.857. The molecule has 0 aromatic heterocycles. The van der Waals surface area contributed by atoms with E-state index in [2.05, 4.69) is 5.43 Å². The zero-order chi connectivity index (χ0) is 10.3. The maximum atomic E-state index is 11.0. The highest BCUT2D eigenvalue weighted by atomic mass is 32.2. The Morgan fingerprint density at radius 2 is 2.31 bits per heavy atom. The van der Waals surface area contributed by atoms with E-state index in [0.717, 1.165) is 0 Å². The second-order valence-electron chi connectivity index (χ2n) is 2.58. The SMILES string of the molecule is CCC(SCC(O)CO)C(=O)NN. The molecule has 2 atom stereocenters. The number of aliphatic hydroxyl groups excluding tert-OH is 2. The molecule has 0 spiro atoms. The molecule has 2 unspecified atom stereocenters. The van der Waals surface area contributed by atoms with Crippen LogP contribution in [0, 0.1) is 0 Å². The minimum atomic E-state index is -0.773. The number of nitrogens with one attached hydrogen (secondary N) is 1. The van der Waals surface area contributed by atoms with E-state index in [9.17, 15) is 4.79 Å². The van der Waals surface area contributed by atoms with Crippen molar-refractivity contribution < 1.29 is 15.0 Å². The van der Waals surface area contributed by atoms with Crippen LogP contribution in [0.15, 0.2) is 0 Å². The molecular weight excluding hydrogens is 192 g/mol. The summed E-state index contributed by atoms with van der Waals surface area (Å²) in [6, 6.07) is 0. The number of carbonyl (C=O) groups excluding carboxylic acids is 1. The first kappa shape index (κ1) is 12.7. The van der Waals surface area contributed by atoms with Crippen LogP contribution in [-0.4, -0.2) is 39.8 Å². The standard InChI is InChI=1S/C7H16N2O3S/c1-2-6(7(12)9-8)13-4-5(11)3-10/h5-6,10-11H,2-4,8H2,1H3,(H,9,12). The minimum absolute atomic E-state index is 0.252. The second kappa shape index (κ2) is 7.14. The molecule has 78 valence electrons. The van der Waals surface area contributed by atoms with E-state index in [1.807, 2.05) is 6.92 Å². The zero-order valence-electron chi connectivity index (χ0n) is 7.56. The monoisotopic (exact) mass is 208 g/mol. The Morgan fingerprint density at radius 1 is 1.69 bits per heavy atom. The van der Waals surface area contributed by atoms with Gasteiger partial charge in [-0.15, -0.1) is 11.8 Å². The van der Waals surface area contributed by atoms with Gasteiger partial charge in [-0.3, -0.25) is 10.2 Å². The summed E-state index contributed by atoms with van der Waals surface area (Å²) in [5, 5.41) is 17.3. The first-order valence-corrected chi connectivity index (χ1v) is 5.11. The van der Waals surface area contributed by atoms with E-state index in [1.54, 1.807) is 0 Å². The molecule has 0 saturated carbocycles. The van der Waals surface area contributed by atoms with Crippen LogP contribution in [-0.2, 0) is 4.79 Å². The first-order chi connectivity index (χ1) is 6.15. The van der Waals surface area contributed by atoms with Crippen molar-refractivity contribution in [3.05, 3.63) is 0 Å². The summed E-state index contributed by atoms with van der Waals surface area (Å²) in [6.45, 7) is 1.58. The van der Waals surface area contributed by atoms with Gasteiger partial charge in [0.15, 0.2) is 0 Å². The van der Waals surface area contributed by atoms with Crippen molar-refractivity contribution in [2.24, 2.45) is 5.84 Å². The lowest BCUT2D eigenvalue weighted by Crippen LogP contribution is -2.38. The van der Waals surface area contributed by atoms with E-state index in [4.69, 9.17) is 16.1 Å². The average molecular weight is 208 g/mol. The van der Waals surface area contributed by atoms with Gasteiger partial charge in [0.25, 0.3) is 0 Å². The van der Waals surface area contributed by atoms with Gasteiger partial charge in [0.05, 0.1) is 18.0 Å². The van der Waals surface area contributed by atoms with E-state index in [1.165, 1.54) is 11.8 Å². The summed E-state index contributed by atoms with van der Waals surface area (Å²) in [5.74, 6) is 5.05. The van der Waals surface area contributed by atoms with Crippen LogP contribution >= 0.6 is 11.8 Å². The van der Waals surface area contributed by atoms with E-state index < -0.39 is 6.10 Å². The average Bonchev–Trinajstić information content (AvgIpc) is 2.17. The van der Waals surface area contributed by atoms with Gasteiger partial charge >= 0.3 is 0 Å². The van der Waals surface area contributed by atoms with Gasteiger partial charge in [0.1, 0.15) is 0 Å². The third-order valence-corrected chi connectivity index (χ3v) is 3.03. The van der Waals surface area contributed by atoms with Crippen LogP contribution in [0.3, 0.4) is 0 Å². The van der Waals surface area contributed by atoms with Crippen LogP contribution in [0.25, 0.3) is 0 Å². The lowest BCUT2D eigenvalue weighted by Gasteiger charge is -2.14. The molecule has 0 aromatic carbocycles. The van der Waals surface area contributed by atoms with Gasteiger partial charge in [-0.25, -0.2) is 5.84 Å². The molecule has 0 aliphatic heterocycles. The van der Waals surface area contributed by atoms with E-state index >= 15 is 0 Å². The maximum Gasteiger partial charge on any atom is 0.246 e. The molecule has 0 saturated heterocycles. The number of hydrogen-bond donors (Lipinski definition) is 4. The minimum Gasteiger partial charge on any atom is -0.394 e. The van der Waals surface area contributed by atoms with Crippen LogP contribution in [0.1, 0.15) is 13.3 Å². The van der Waals surface area contributed by atoms with Crippen molar-refractivity contribution in [2.45, 2.75) is 24.7 Å². The Hall–Kier alpha value is -0.300. The highest BCUT2D eigenvalue weighted by Crippen LogP contribution is 2.15. The number of nitrogens with two attached hydrogens (primary N) is 1. The Bertz CT molecular complexity index is 157. The van der Waals surface area contributed by atoms with Crippen molar-refractivity contribution >= 4 is 17.7 Å². The molecule has 0 radical (unpaired) electrons. The molecule has 0 aromatic rings. The molecule has 0 rings (SSSR count). The Labute approximate surface area is 81.7 Å². The summed E-state index contributed by atoms with van der Waals surface area (Å²) in [4.78, 5) is 11.0. The lowest BCUT2D eigenvalue weighted by atomic mass is 10.3. The molecule has 0 aliphatic rings. The fourth-order valence-corrected chi connectivity index (χ4v) is 1.77. The number of thioether (sulfide) groups is 1. The van der Waals surface area contributed by atoms with Gasteiger partial charge < -0.3 is 10.2 Å². The zero-order valence-corrected chi connectivity index (χ0v) is 8.38. The van der Waals surface area contributed by atoms with Crippen LogP contribution in [0.4, 0.5) is 0 Å². The van der Waals surface area contributed by atoms with Gasteiger partial charge in [-0.1, -0.05) is 6.92 Å². The third-order valence-electron chi connectivity index (χ3n) is 1.51. The number of hydrazine groups is 1.